The van der Waals surface area contributed by atoms with Gasteiger partial charge in [-0.2, -0.15) is 0 Å². The van der Waals surface area contributed by atoms with E-state index < -0.39 is 41.0 Å². The van der Waals surface area contributed by atoms with Gasteiger partial charge >= 0.3 is 11.7 Å². The van der Waals surface area contributed by atoms with E-state index in [0.717, 1.165) is 29.3 Å². The SMILES string of the molecule is COC(=O)[C@@H]1Cc2ccccc2CN1C(=O)COc1cc(F)ccc1[N+](=O)[O-]. The molecule has 2 aromatic carbocycles. The molecule has 0 aromatic heterocycles. The monoisotopic (exact) mass is 388 g/mol. The van der Waals surface area contributed by atoms with Crippen LogP contribution >= 0.6 is 0 Å². The van der Waals surface area contributed by atoms with Crippen molar-refractivity contribution in [3.05, 3.63) is 69.5 Å². The number of hydrogen-bond acceptors (Lipinski definition) is 6. The maximum Gasteiger partial charge on any atom is 0.328 e. The minimum Gasteiger partial charge on any atom is -0.477 e. The van der Waals surface area contributed by atoms with Crippen molar-refractivity contribution in [3.8, 4) is 5.75 Å². The summed E-state index contributed by atoms with van der Waals surface area (Å²) in [6.07, 6.45) is 0.286. The van der Waals surface area contributed by atoms with E-state index in [9.17, 15) is 24.1 Å². The number of amides is 1. The normalized spacial score (nSPS) is 15.5. The summed E-state index contributed by atoms with van der Waals surface area (Å²) in [5.74, 6) is -2.22. The lowest BCUT2D eigenvalue weighted by atomic mass is 9.94. The molecule has 28 heavy (non-hydrogen) atoms. The van der Waals surface area contributed by atoms with E-state index in [1.54, 1.807) is 0 Å². The van der Waals surface area contributed by atoms with Crippen molar-refractivity contribution >= 4 is 17.6 Å². The molecule has 0 aliphatic carbocycles. The zero-order chi connectivity index (χ0) is 20.3. The summed E-state index contributed by atoms with van der Waals surface area (Å²) in [5, 5.41) is 11.0. The number of halogens is 1. The Hall–Kier alpha value is -3.49. The summed E-state index contributed by atoms with van der Waals surface area (Å²) in [7, 11) is 1.23. The summed E-state index contributed by atoms with van der Waals surface area (Å²) in [6.45, 7) is -0.413. The van der Waals surface area contributed by atoms with Crippen molar-refractivity contribution in [3.63, 3.8) is 0 Å². The van der Waals surface area contributed by atoms with Crippen molar-refractivity contribution in [2.75, 3.05) is 13.7 Å². The predicted octanol–water partition coefficient (Wildman–Crippen LogP) is 2.24. The van der Waals surface area contributed by atoms with Crippen LogP contribution in [0.4, 0.5) is 10.1 Å². The van der Waals surface area contributed by atoms with E-state index in [1.165, 1.54) is 12.0 Å². The summed E-state index contributed by atoms with van der Waals surface area (Å²) in [6, 6.07) is 9.29. The molecule has 0 spiro atoms. The second-order valence-electron chi connectivity index (χ2n) is 6.19. The zero-order valence-electron chi connectivity index (χ0n) is 15.0. The van der Waals surface area contributed by atoms with Gasteiger partial charge in [-0.05, 0) is 17.2 Å². The molecule has 8 nitrogen and oxygen atoms in total. The van der Waals surface area contributed by atoms with Gasteiger partial charge < -0.3 is 14.4 Å². The standard InChI is InChI=1S/C19H17FN2O6/c1-27-19(24)16-8-12-4-2-3-5-13(12)10-21(16)18(23)11-28-17-9-14(20)6-7-15(17)22(25)26/h2-7,9,16H,8,10-11H2,1H3/t16-/m0/s1. The van der Waals surface area contributed by atoms with Crippen LogP contribution in [0.1, 0.15) is 11.1 Å². The van der Waals surface area contributed by atoms with Crippen LogP contribution < -0.4 is 4.74 Å². The van der Waals surface area contributed by atoms with Crippen LogP contribution in [0.15, 0.2) is 42.5 Å². The van der Waals surface area contributed by atoms with Gasteiger partial charge in [0.2, 0.25) is 5.75 Å². The number of nitro benzene ring substituents is 1. The van der Waals surface area contributed by atoms with Gasteiger partial charge in [0, 0.05) is 25.1 Å². The van der Waals surface area contributed by atoms with Gasteiger partial charge in [0.05, 0.1) is 12.0 Å². The van der Waals surface area contributed by atoms with Crippen LogP contribution in [0, 0.1) is 15.9 Å². The van der Waals surface area contributed by atoms with Gasteiger partial charge in [0.25, 0.3) is 5.91 Å². The molecule has 1 atom stereocenters. The molecule has 0 radical (unpaired) electrons. The molecule has 0 fully saturated rings. The highest BCUT2D eigenvalue weighted by molar-refractivity contribution is 5.86. The first-order valence-corrected chi connectivity index (χ1v) is 8.41. The third-order valence-corrected chi connectivity index (χ3v) is 4.51. The molecule has 0 saturated heterocycles. The molecule has 1 amide bonds. The topological polar surface area (TPSA) is 99.0 Å². The lowest BCUT2D eigenvalue weighted by molar-refractivity contribution is -0.385. The smallest absolute Gasteiger partial charge is 0.328 e. The number of carbonyl (C=O) groups excluding carboxylic acids is 2. The number of esters is 1. The van der Waals surface area contributed by atoms with Gasteiger partial charge in [-0.3, -0.25) is 14.9 Å². The van der Waals surface area contributed by atoms with E-state index in [1.807, 2.05) is 24.3 Å². The van der Waals surface area contributed by atoms with E-state index in [0.29, 0.717) is 0 Å². The number of nitrogens with zero attached hydrogens (tertiary/aromatic N) is 2. The maximum absolute atomic E-state index is 13.4. The van der Waals surface area contributed by atoms with E-state index in [4.69, 9.17) is 9.47 Å². The first-order chi connectivity index (χ1) is 13.4. The largest absolute Gasteiger partial charge is 0.477 e. The highest BCUT2D eigenvalue weighted by atomic mass is 19.1. The third-order valence-electron chi connectivity index (χ3n) is 4.51. The fourth-order valence-electron chi connectivity index (χ4n) is 3.11. The molecule has 0 unspecified atom stereocenters. The number of fused-ring (bicyclic) bond motifs is 1. The highest BCUT2D eigenvalue weighted by Crippen LogP contribution is 2.28. The number of ether oxygens (including phenoxy) is 2. The quantitative estimate of drug-likeness (QED) is 0.443. The number of carbonyl (C=O) groups is 2. The molecule has 146 valence electrons. The van der Waals surface area contributed by atoms with Gasteiger partial charge in [-0.1, -0.05) is 24.3 Å². The first kappa shape index (κ1) is 19.3. The summed E-state index contributed by atoms with van der Waals surface area (Å²) in [4.78, 5) is 36.5. The molecule has 0 saturated carbocycles. The molecule has 2 aromatic rings. The Bertz CT molecular complexity index is 932. The predicted molar refractivity (Wildman–Crippen MR) is 95.0 cm³/mol. The van der Waals surface area contributed by atoms with Crippen LogP contribution in [0.2, 0.25) is 0 Å². The Morgan fingerprint density at radius 3 is 2.64 bits per heavy atom. The van der Waals surface area contributed by atoms with Crippen molar-refractivity contribution in [1.29, 1.82) is 0 Å². The number of hydrogen-bond donors (Lipinski definition) is 0. The van der Waals surface area contributed by atoms with Gasteiger partial charge in [-0.25, -0.2) is 9.18 Å². The Morgan fingerprint density at radius 1 is 1.25 bits per heavy atom. The van der Waals surface area contributed by atoms with Crippen LogP contribution in [0.3, 0.4) is 0 Å². The number of rotatable bonds is 5. The molecule has 9 heteroatoms. The van der Waals surface area contributed by atoms with Gasteiger partial charge in [0.1, 0.15) is 11.9 Å². The second-order valence-corrected chi connectivity index (χ2v) is 6.19. The molecule has 3 rings (SSSR count). The van der Waals surface area contributed by atoms with Crippen LogP contribution in [-0.4, -0.2) is 41.5 Å². The Labute approximate surface area is 159 Å². The van der Waals surface area contributed by atoms with Crippen LogP contribution in [-0.2, 0) is 27.3 Å². The Morgan fingerprint density at radius 2 is 1.96 bits per heavy atom. The van der Waals surface area contributed by atoms with Crippen LogP contribution in [0.25, 0.3) is 0 Å². The summed E-state index contributed by atoms with van der Waals surface area (Å²) in [5.41, 5.74) is 1.36. The lowest BCUT2D eigenvalue weighted by Gasteiger charge is -2.35. The molecule has 1 heterocycles. The second kappa shape index (κ2) is 8.03. The highest BCUT2D eigenvalue weighted by Gasteiger charge is 2.35. The number of nitro groups is 1. The molecule has 0 N–H and O–H groups in total. The van der Waals surface area contributed by atoms with Crippen molar-refractivity contribution in [2.24, 2.45) is 0 Å². The van der Waals surface area contributed by atoms with Crippen molar-refractivity contribution < 1.29 is 28.4 Å². The fraction of sp³-hybridized carbons (Fsp3) is 0.263. The molecule has 1 aliphatic rings. The Balaban J connectivity index is 1.80. The molecule has 0 bridgehead atoms. The number of benzene rings is 2. The summed E-state index contributed by atoms with van der Waals surface area (Å²) < 4.78 is 23.4. The molecule has 1 aliphatic heterocycles. The van der Waals surface area contributed by atoms with E-state index in [-0.39, 0.29) is 18.7 Å². The fourth-order valence-corrected chi connectivity index (χ4v) is 3.11. The zero-order valence-corrected chi connectivity index (χ0v) is 15.0. The molecular weight excluding hydrogens is 371 g/mol. The minimum absolute atomic E-state index is 0.170. The maximum atomic E-state index is 13.4. The van der Waals surface area contributed by atoms with Gasteiger partial charge in [0.15, 0.2) is 6.61 Å². The van der Waals surface area contributed by atoms with Crippen LogP contribution in [0.5, 0.6) is 5.75 Å². The average molecular weight is 388 g/mol. The third kappa shape index (κ3) is 3.93. The average Bonchev–Trinajstić information content (AvgIpc) is 2.70. The van der Waals surface area contributed by atoms with Crippen molar-refractivity contribution in [2.45, 2.75) is 19.0 Å². The number of methoxy groups -OCH3 is 1. The minimum atomic E-state index is -0.835. The molecular formula is C19H17FN2O6. The van der Waals surface area contributed by atoms with E-state index in [2.05, 4.69) is 0 Å². The van der Waals surface area contributed by atoms with Crippen molar-refractivity contribution in [1.82, 2.24) is 4.90 Å². The van der Waals surface area contributed by atoms with E-state index >= 15 is 0 Å². The Kier molecular flexibility index (Phi) is 5.53. The first-order valence-electron chi connectivity index (χ1n) is 8.41. The van der Waals surface area contributed by atoms with Gasteiger partial charge in [-0.15, -0.1) is 0 Å². The summed E-state index contributed by atoms with van der Waals surface area (Å²) >= 11 is 0. The lowest BCUT2D eigenvalue weighted by Crippen LogP contribution is -2.50.